The van der Waals surface area contributed by atoms with Crippen LogP contribution in [0.3, 0.4) is 0 Å². The first-order valence-corrected chi connectivity index (χ1v) is 6.17. The van der Waals surface area contributed by atoms with Gasteiger partial charge in [-0.25, -0.2) is 0 Å². The highest BCUT2D eigenvalue weighted by Gasteiger charge is 2.01. The van der Waals surface area contributed by atoms with Crippen LogP contribution in [0.15, 0.2) is 60.7 Å². The Morgan fingerprint density at radius 1 is 0.944 bits per heavy atom. The van der Waals surface area contributed by atoms with Gasteiger partial charge in [-0.3, -0.25) is 0 Å². The van der Waals surface area contributed by atoms with Gasteiger partial charge < -0.3 is 4.74 Å². The van der Waals surface area contributed by atoms with Crippen LogP contribution in [-0.2, 0) is 0 Å². The SMILES string of the molecule is COc1ccccc1C=CC(C)c1ccccc1. The third-order valence-electron chi connectivity index (χ3n) is 3.03. The van der Waals surface area contributed by atoms with E-state index >= 15 is 0 Å². The molecule has 2 aromatic carbocycles. The van der Waals surface area contributed by atoms with E-state index in [1.807, 2.05) is 24.3 Å². The lowest BCUT2D eigenvalue weighted by atomic mass is 10.00. The van der Waals surface area contributed by atoms with Gasteiger partial charge in [-0.05, 0) is 17.5 Å². The van der Waals surface area contributed by atoms with Crippen molar-refractivity contribution in [2.75, 3.05) is 7.11 Å². The summed E-state index contributed by atoms with van der Waals surface area (Å²) in [6, 6.07) is 18.5. The van der Waals surface area contributed by atoms with Gasteiger partial charge in [0.05, 0.1) is 7.11 Å². The molecule has 2 aromatic rings. The van der Waals surface area contributed by atoms with Crippen molar-refractivity contribution in [2.45, 2.75) is 12.8 Å². The maximum absolute atomic E-state index is 5.33. The second-order valence-corrected chi connectivity index (χ2v) is 4.30. The van der Waals surface area contributed by atoms with Gasteiger partial charge in [-0.2, -0.15) is 0 Å². The number of rotatable bonds is 4. The largest absolute Gasteiger partial charge is 0.496 e. The van der Waals surface area contributed by atoms with Crippen LogP contribution in [0.2, 0.25) is 0 Å². The summed E-state index contributed by atoms with van der Waals surface area (Å²) in [5, 5.41) is 0. The monoisotopic (exact) mass is 238 g/mol. The molecule has 18 heavy (non-hydrogen) atoms. The average Bonchev–Trinajstić information content (AvgIpc) is 2.46. The Balaban J connectivity index is 2.16. The molecule has 2 rings (SSSR count). The summed E-state index contributed by atoms with van der Waals surface area (Å²) in [7, 11) is 1.70. The Morgan fingerprint density at radius 2 is 1.61 bits per heavy atom. The Bertz CT molecular complexity index is 514. The molecule has 0 aliphatic rings. The van der Waals surface area contributed by atoms with Crippen molar-refractivity contribution in [1.29, 1.82) is 0 Å². The van der Waals surface area contributed by atoms with E-state index in [9.17, 15) is 0 Å². The van der Waals surface area contributed by atoms with Gasteiger partial charge in [-0.1, -0.05) is 67.6 Å². The smallest absolute Gasteiger partial charge is 0.126 e. The summed E-state index contributed by atoms with van der Waals surface area (Å²) in [6.45, 7) is 2.20. The van der Waals surface area contributed by atoms with E-state index in [1.165, 1.54) is 5.56 Å². The van der Waals surface area contributed by atoms with Gasteiger partial charge in [-0.15, -0.1) is 0 Å². The van der Waals surface area contributed by atoms with Crippen molar-refractivity contribution in [3.63, 3.8) is 0 Å². The highest BCUT2D eigenvalue weighted by molar-refractivity contribution is 5.58. The molecule has 0 heterocycles. The molecule has 92 valence electrons. The van der Waals surface area contributed by atoms with Crippen LogP contribution in [0.5, 0.6) is 5.75 Å². The van der Waals surface area contributed by atoms with Crippen molar-refractivity contribution in [2.24, 2.45) is 0 Å². The predicted molar refractivity (Wildman–Crippen MR) is 76.9 cm³/mol. The van der Waals surface area contributed by atoms with Gasteiger partial charge >= 0.3 is 0 Å². The fraction of sp³-hybridized carbons (Fsp3) is 0.176. The van der Waals surface area contributed by atoms with Crippen molar-refractivity contribution in [3.8, 4) is 5.75 Å². The second-order valence-electron chi connectivity index (χ2n) is 4.30. The topological polar surface area (TPSA) is 9.23 Å². The van der Waals surface area contributed by atoms with Gasteiger partial charge in [0.15, 0.2) is 0 Å². The van der Waals surface area contributed by atoms with Crippen molar-refractivity contribution in [1.82, 2.24) is 0 Å². The minimum Gasteiger partial charge on any atom is -0.496 e. The van der Waals surface area contributed by atoms with E-state index in [-0.39, 0.29) is 0 Å². The number of para-hydroxylation sites is 1. The third-order valence-corrected chi connectivity index (χ3v) is 3.03. The van der Waals surface area contributed by atoms with Crippen LogP contribution in [0.1, 0.15) is 24.0 Å². The fourth-order valence-corrected chi connectivity index (χ4v) is 1.92. The zero-order chi connectivity index (χ0) is 12.8. The van der Waals surface area contributed by atoms with Crippen LogP contribution in [0.4, 0.5) is 0 Å². The zero-order valence-electron chi connectivity index (χ0n) is 10.8. The van der Waals surface area contributed by atoms with E-state index in [4.69, 9.17) is 4.74 Å². The summed E-state index contributed by atoms with van der Waals surface area (Å²) in [4.78, 5) is 0. The zero-order valence-corrected chi connectivity index (χ0v) is 10.8. The first-order chi connectivity index (χ1) is 8.81. The van der Waals surface area contributed by atoms with Gasteiger partial charge in [0.2, 0.25) is 0 Å². The van der Waals surface area contributed by atoms with E-state index < -0.39 is 0 Å². The molecule has 0 saturated heterocycles. The summed E-state index contributed by atoms with van der Waals surface area (Å²) in [5.41, 5.74) is 2.44. The summed E-state index contributed by atoms with van der Waals surface area (Å²) < 4.78 is 5.33. The van der Waals surface area contributed by atoms with Gasteiger partial charge in [0.1, 0.15) is 5.75 Å². The number of benzene rings is 2. The van der Waals surface area contributed by atoms with Crippen LogP contribution in [0, 0.1) is 0 Å². The Kier molecular flexibility index (Phi) is 4.19. The van der Waals surface area contributed by atoms with Crippen LogP contribution >= 0.6 is 0 Å². The molecule has 0 radical (unpaired) electrons. The summed E-state index contributed by atoms with van der Waals surface area (Å²) in [6.07, 6.45) is 4.32. The molecular weight excluding hydrogens is 220 g/mol. The van der Waals surface area contributed by atoms with E-state index in [2.05, 4.69) is 49.4 Å². The predicted octanol–water partition coefficient (Wildman–Crippen LogP) is 4.51. The number of methoxy groups -OCH3 is 1. The number of allylic oxidation sites excluding steroid dienone is 1. The third kappa shape index (κ3) is 3.01. The number of ether oxygens (including phenoxy) is 1. The summed E-state index contributed by atoms with van der Waals surface area (Å²) >= 11 is 0. The number of hydrogen-bond donors (Lipinski definition) is 0. The molecule has 0 N–H and O–H groups in total. The molecule has 1 atom stereocenters. The van der Waals surface area contributed by atoms with Gasteiger partial charge in [0, 0.05) is 5.56 Å². The molecule has 0 bridgehead atoms. The fourth-order valence-electron chi connectivity index (χ4n) is 1.92. The van der Waals surface area contributed by atoms with E-state index in [0.717, 1.165) is 11.3 Å². The molecule has 0 aromatic heterocycles. The normalized spacial score (nSPS) is 12.6. The minimum absolute atomic E-state index is 0.399. The Hall–Kier alpha value is -2.02. The van der Waals surface area contributed by atoms with Crippen LogP contribution < -0.4 is 4.74 Å². The van der Waals surface area contributed by atoms with E-state index in [0.29, 0.717) is 5.92 Å². The standard InChI is InChI=1S/C17H18O/c1-14(15-8-4-3-5-9-15)12-13-16-10-6-7-11-17(16)18-2/h3-14H,1-2H3. The molecule has 0 spiro atoms. The van der Waals surface area contributed by atoms with Crippen LogP contribution in [-0.4, -0.2) is 7.11 Å². The summed E-state index contributed by atoms with van der Waals surface area (Å²) in [5.74, 6) is 1.31. The molecule has 0 amide bonds. The highest BCUT2D eigenvalue weighted by atomic mass is 16.5. The second kappa shape index (κ2) is 6.06. The maximum atomic E-state index is 5.33. The number of hydrogen-bond acceptors (Lipinski definition) is 1. The van der Waals surface area contributed by atoms with Gasteiger partial charge in [0.25, 0.3) is 0 Å². The molecule has 0 saturated carbocycles. The molecule has 0 fully saturated rings. The molecule has 0 aliphatic heterocycles. The molecule has 0 aliphatic carbocycles. The lowest BCUT2D eigenvalue weighted by Gasteiger charge is -2.07. The lowest BCUT2D eigenvalue weighted by molar-refractivity contribution is 0.414. The lowest BCUT2D eigenvalue weighted by Crippen LogP contribution is -1.89. The van der Waals surface area contributed by atoms with E-state index in [1.54, 1.807) is 7.11 Å². The first kappa shape index (κ1) is 12.4. The molecule has 1 heteroatoms. The Morgan fingerprint density at radius 3 is 2.33 bits per heavy atom. The van der Waals surface area contributed by atoms with Crippen molar-refractivity contribution < 1.29 is 4.74 Å². The first-order valence-electron chi connectivity index (χ1n) is 6.17. The van der Waals surface area contributed by atoms with Crippen molar-refractivity contribution >= 4 is 6.08 Å². The Labute approximate surface area is 109 Å². The quantitative estimate of drug-likeness (QED) is 0.761. The van der Waals surface area contributed by atoms with Crippen molar-refractivity contribution in [3.05, 3.63) is 71.8 Å². The van der Waals surface area contributed by atoms with Crippen LogP contribution in [0.25, 0.3) is 6.08 Å². The highest BCUT2D eigenvalue weighted by Crippen LogP contribution is 2.22. The molecule has 1 unspecified atom stereocenters. The average molecular weight is 238 g/mol. The minimum atomic E-state index is 0.399. The molecule has 1 nitrogen and oxygen atoms in total. The molecular formula is C17H18O. The maximum Gasteiger partial charge on any atom is 0.126 e.